The van der Waals surface area contributed by atoms with Crippen molar-refractivity contribution in [3.63, 3.8) is 0 Å². The summed E-state index contributed by atoms with van der Waals surface area (Å²) in [6.45, 7) is 9.63. The molecule has 10 heteroatoms. The van der Waals surface area contributed by atoms with E-state index in [1.165, 1.54) is 17.0 Å². The zero-order valence-corrected chi connectivity index (χ0v) is 23.4. The van der Waals surface area contributed by atoms with Crippen LogP contribution in [0.1, 0.15) is 64.9 Å². The molecule has 3 heterocycles. The van der Waals surface area contributed by atoms with E-state index in [0.717, 1.165) is 12.0 Å². The number of hydrogen-bond acceptors (Lipinski definition) is 7. The summed E-state index contributed by atoms with van der Waals surface area (Å²) >= 11 is 0. The quantitative estimate of drug-likeness (QED) is 0.555. The fourth-order valence-corrected chi connectivity index (χ4v) is 5.14. The maximum absolute atomic E-state index is 12.8. The Balaban J connectivity index is 1.26. The highest BCUT2D eigenvalue weighted by Crippen LogP contribution is 2.26. The molecule has 10 nitrogen and oxygen atoms in total. The van der Waals surface area contributed by atoms with Crippen LogP contribution in [0.2, 0.25) is 0 Å². The number of hydrogen-bond donors (Lipinski definition) is 2. The van der Waals surface area contributed by atoms with Gasteiger partial charge in [-0.25, -0.2) is 9.78 Å². The van der Waals surface area contributed by atoms with Crippen LogP contribution in [-0.4, -0.2) is 79.9 Å². The molecule has 2 fully saturated rings. The number of carbonyl (C=O) groups is 2. The summed E-state index contributed by atoms with van der Waals surface area (Å²) in [6.07, 6.45) is 3.05. The van der Waals surface area contributed by atoms with Crippen LogP contribution in [-0.2, 0) is 16.1 Å². The van der Waals surface area contributed by atoms with Crippen molar-refractivity contribution < 1.29 is 19.4 Å². The van der Waals surface area contributed by atoms with Gasteiger partial charge in [-0.1, -0.05) is 37.3 Å². The van der Waals surface area contributed by atoms with E-state index in [0.29, 0.717) is 51.3 Å². The first-order valence-electron chi connectivity index (χ1n) is 13.8. The van der Waals surface area contributed by atoms with E-state index < -0.39 is 11.2 Å². The number of benzene rings is 1. The van der Waals surface area contributed by atoms with Crippen LogP contribution in [0.25, 0.3) is 0 Å². The molecule has 1 aromatic heterocycles. The number of amides is 2. The molecule has 0 bridgehead atoms. The molecule has 4 rings (SSSR count). The average molecular weight is 540 g/mol. The largest absolute Gasteiger partial charge is 0.444 e. The maximum atomic E-state index is 12.8. The van der Waals surface area contributed by atoms with Crippen LogP contribution in [0.15, 0.2) is 47.5 Å². The zero-order valence-electron chi connectivity index (χ0n) is 23.4. The highest BCUT2D eigenvalue weighted by molar-refractivity contribution is 5.77. The summed E-state index contributed by atoms with van der Waals surface area (Å²) in [4.78, 5) is 45.8. The molecule has 2 saturated heterocycles. The van der Waals surface area contributed by atoms with E-state index in [-0.39, 0.29) is 36.1 Å². The molecule has 0 aliphatic carbocycles. The SMILES string of the molecule is C[C@H](CC(=O)N1CCC(O)(Cn2cnc(N[C@@H]3CCN(C(=O)OC(C)(C)C)C3)cc2=O)CC1)c1ccccc1. The second-order valence-corrected chi connectivity index (χ2v) is 11.9. The van der Waals surface area contributed by atoms with Crippen LogP contribution < -0.4 is 10.9 Å². The van der Waals surface area contributed by atoms with E-state index in [4.69, 9.17) is 4.74 Å². The number of ether oxygens (including phenoxy) is 1. The Bertz CT molecular complexity index is 1200. The van der Waals surface area contributed by atoms with Gasteiger partial charge >= 0.3 is 6.09 Å². The van der Waals surface area contributed by atoms with Gasteiger partial charge in [0.05, 0.1) is 18.5 Å². The normalized spacial score (nSPS) is 20.0. The number of nitrogens with zero attached hydrogens (tertiary/aromatic N) is 4. The van der Waals surface area contributed by atoms with Crippen LogP contribution in [0.5, 0.6) is 0 Å². The number of anilines is 1. The summed E-state index contributed by atoms with van der Waals surface area (Å²) in [5.74, 6) is 0.646. The number of piperidine rings is 1. The lowest BCUT2D eigenvalue weighted by molar-refractivity contribution is -0.136. The second kappa shape index (κ2) is 11.8. The molecule has 0 unspecified atom stereocenters. The van der Waals surface area contributed by atoms with Gasteiger partial charge in [-0.3, -0.25) is 14.2 Å². The molecule has 1 aromatic carbocycles. The summed E-state index contributed by atoms with van der Waals surface area (Å²) < 4.78 is 6.85. The molecule has 2 aliphatic rings. The van der Waals surface area contributed by atoms with Gasteiger partial charge in [-0.2, -0.15) is 0 Å². The summed E-state index contributed by atoms with van der Waals surface area (Å²) in [5, 5.41) is 14.4. The Hall–Kier alpha value is -3.40. The smallest absolute Gasteiger partial charge is 0.410 e. The molecule has 2 aliphatic heterocycles. The average Bonchev–Trinajstić information content (AvgIpc) is 3.34. The third-order valence-corrected chi connectivity index (χ3v) is 7.43. The third kappa shape index (κ3) is 7.81. The molecule has 0 radical (unpaired) electrons. The van der Waals surface area contributed by atoms with Crippen molar-refractivity contribution in [3.05, 3.63) is 58.6 Å². The van der Waals surface area contributed by atoms with Crippen LogP contribution in [0, 0.1) is 0 Å². The number of carbonyl (C=O) groups excluding carboxylic acids is 2. The highest BCUT2D eigenvalue weighted by Gasteiger charge is 2.35. The summed E-state index contributed by atoms with van der Waals surface area (Å²) in [5.41, 5.74) is -0.761. The lowest BCUT2D eigenvalue weighted by atomic mass is 9.90. The van der Waals surface area contributed by atoms with Crippen molar-refractivity contribution in [1.29, 1.82) is 0 Å². The van der Waals surface area contributed by atoms with Crippen molar-refractivity contribution in [2.45, 2.75) is 83.1 Å². The Morgan fingerprint density at radius 1 is 1.15 bits per heavy atom. The first-order chi connectivity index (χ1) is 18.4. The van der Waals surface area contributed by atoms with Crippen LogP contribution in [0.4, 0.5) is 10.6 Å². The Morgan fingerprint density at radius 3 is 2.49 bits per heavy atom. The summed E-state index contributed by atoms with van der Waals surface area (Å²) in [7, 11) is 0. The number of likely N-dealkylation sites (tertiary alicyclic amines) is 2. The molecular weight excluding hydrogens is 498 g/mol. The number of aromatic nitrogens is 2. The highest BCUT2D eigenvalue weighted by atomic mass is 16.6. The standard InChI is InChI=1S/C29H41N5O5/c1-21(22-8-6-5-7-9-22)16-25(35)32-14-11-29(38,12-15-32)19-34-20-30-24(17-26(34)36)31-23-10-13-33(18-23)27(37)39-28(2,3)4/h5-9,17,20-21,23,31,38H,10-16,18-19H2,1-4H3/t21-,23-/m1/s1. The van der Waals surface area contributed by atoms with Crippen molar-refractivity contribution in [3.8, 4) is 0 Å². The molecule has 2 aromatic rings. The molecule has 0 saturated carbocycles. The van der Waals surface area contributed by atoms with Crippen molar-refractivity contribution in [2.24, 2.45) is 0 Å². The second-order valence-electron chi connectivity index (χ2n) is 11.9. The fraction of sp³-hybridized carbons (Fsp3) is 0.586. The summed E-state index contributed by atoms with van der Waals surface area (Å²) in [6, 6.07) is 11.4. The van der Waals surface area contributed by atoms with E-state index in [9.17, 15) is 19.5 Å². The zero-order chi connectivity index (χ0) is 28.2. The van der Waals surface area contributed by atoms with E-state index in [1.807, 2.05) is 56.0 Å². The monoisotopic (exact) mass is 539 g/mol. The minimum atomic E-state index is -1.08. The molecule has 2 amide bonds. The van der Waals surface area contributed by atoms with Crippen molar-refractivity contribution in [1.82, 2.24) is 19.4 Å². The first-order valence-corrected chi connectivity index (χ1v) is 13.8. The molecular formula is C29H41N5O5. The van der Waals surface area contributed by atoms with Crippen molar-refractivity contribution in [2.75, 3.05) is 31.5 Å². The van der Waals surface area contributed by atoms with Gasteiger partial charge in [0.15, 0.2) is 0 Å². The lowest BCUT2D eigenvalue weighted by Crippen LogP contribution is -2.49. The van der Waals surface area contributed by atoms with Gasteiger partial charge in [0.1, 0.15) is 11.4 Å². The fourth-order valence-electron chi connectivity index (χ4n) is 5.14. The Morgan fingerprint density at radius 2 is 1.85 bits per heavy atom. The number of nitrogens with one attached hydrogen (secondary N) is 1. The maximum Gasteiger partial charge on any atom is 0.410 e. The molecule has 39 heavy (non-hydrogen) atoms. The van der Waals surface area contributed by atoms with Crippen LogP contribution in [0.3, 0.4) is 0 Å². The number of aliphatic hydroxyl groups is 1. The van der Waals surface area contributed by atoms with Gasteiger partial charge < -0.3 is 25.0 Å². The minimum Gasteiger partial charge on any atom is -0.444 e. The minimum absolute atomic E-state index is 0.0315. The van der Waals surface area contributed by atoms with E-state index in [1.54, 1.807) is 4.90 Å². The predicted molar refractivity (Wildman–Crippen MR) is 149 cm³/mol. The van der Waals surface area contributed by atoms with Gasteiger partial charge in [0, 0.05) is 44.7 Å². The van der Waals surface area contributed by atoms with Gasteiger partial charge in [-0.05, 0) is 51.5 Å². The Kier molecular flexibility index (Phi) is 8.64. The topological polar surface area (TPSA) is 117 Å². The Labute approximate surface area is 230 Å². The molecule has 2 N–H and O–H groups in total. The number of rotatable bonds is 7. The first kappa shape index (κ1) is 28.6. The van der Waals surface area contributed by atoms with Gasteiger partial charge in [0.2, 0.25) is 5.91 Å². The van der Waals surface area contributed by atoms with E-state index in [2.05, 4.69) is 17.2 Å². The lowest BCUT2D eigenvalue weighted by Gasteiger charge is -2.38. The predicted octanol–water partition coefficient (Wildman–Crippen LogP) is 3.21. The van der Waals surface area contributed by atoms with Crippen LogP contribution >= 0.6 is 0 Å². The van der Waals surface area contributed by atoms with Gasteiger partial charge in [-0.15, -0.1) is 0 Å². The van der Waals surface area contributed by atoms with Gasteiger partial charge in [0.25, 0.3) is 5.56 Å². The molecule has 212 valence electrons. The molecule has 0 spiro atoms. The molecule has 2 atom stereocenters. The van der Waals surface area contributed by atoms with E-state index >= 15 is 0 Å². The van der Waals surface area contributed by atoms with Crippen molar-refractivity contribution >= 4 is 17.8 Å². The third-order valence-electron chi connectivity index (χ3n) is 7.43.